The smallest absolute Gasteiger partial charge is 0.251 e. The molecule has 1 aliphatic carbocycles. The minimum absolute atomic E-state index is 0.00374. The predicted molar refractivity (Wildman–Crippen MR) is 83.3 cm³/mol. The van der Waals surface area contributed by atoms with Gasteiger partial charge in [-0.2, -0.15) is 0 Å². The topological polar surface area (TPSA) is 58.2 Å². The van der Waals surface area contributed by atoms with E-state index in [2.05, 4.69) is 17.6 Å². The van der Waals surface area contributed by atoms with Crippen molar-refractivity contribution in [2.24, 2.45) is 5.92 Å². The normalized spacial score (nSPS) is 21.6. The fourth-order valence-electron chi connectivity index (χ4n) is 2.74. The van der Waals surface area contributed by atoms with Crippen LogP contribution in [-0.4, -0.2) is 24.4 Å². The molecule has 1 aromatic rings. The number of hydrogen-bond acceptors (Lipinski definition) is 2. The van der Waals surface area contributed by atoms with E-state index in [1.54, 1.807) is 24.3 Å². The summed E-state index contributed by atoms with van der Waals surface area (Å²) in [6.45, 7) is 2.20. The van der Waals surface area contributed by atoms with E-state index in [0.29, 0.717) is 16.5 Å². The molecule has 5 heteroatoms. The molecule has 0 spiro atoms. The molecule has 0 saturated heterocycles. The van der Waals surface area contributed by atoms with Crippen molar-refractivity contribution < 1.29 is 9.59 Å². The highest BCUT2D eigenvalue weighted by Gasteiger charge is 2.20. The molecular formula is C16H21ClN2O2. The van der Waals surface area contributed by atoms with Crippen LogP contribution in [-0.2, 0) is 4.79 Å². The summed E-state index contributed by atoms with van der Waals surface area (Å²) in [4.78, 5) is 23.8. The van der Waals surface area contributed by atoms with Gasteiger partial charge < -0.3 is 10.6 Å². The van der Waals surface area contributed by atoms with Crippen LogP contribution < -0.4 is 10.6 Å². The van der Waals surface area contributed by atoms with Gasteiger partial charge in [0.15, 0.2) is 0 Å². The van der Waals surface area contributed by atoms with Gasteiger partial charge in [0.05, 0.1) is 6.54 Å². The molecule has 0 aromatic heterocycles. The number of carbonyl (C=O) groups excluding carboxylic acids is 2. The number of carbonyl (C=O) groups is 2. The summed E-state index contributed by atoms with van der Waals surface area (Å²) in [5.74, 6) is 0.235. The Balaban J connectivity index is 1.77. The van der Waals surface area contributed by atoms with Crippen LogP contribution in [0.25, 0.3) is 0 Å². The van der Waals surface area contributed by atoms with Crippen molar-refractivity contribution >= 4 is 23.4 Å². The number of benzene rings is 1. The van der Waals surface area contributed by atoms with Gasteiger partial charge in [-0.25, -0.2) is 0 Å². The van der Waals surface area contributed by atoms with E-state index in [-0.39, 0.29) is 24.4 Å². The van der Waals surface area contributed by atoms with Crippen molar-refractivity contribution in [1.29, 1.82) is 0 Å². The van der Waals surface area contributed by atoms with Crippen molar-refractivity contribution in [1.82, 2.24) is 10.6 Å². The molecule has 1 fully saturated rings. The number of hydrogen-bond donors (Lipinski definition) is 2. The second-order valence-corrected chi connectivity index (χ2v) is 6.17. The molecule has 1 aromatic carbocycles. The van der Waals surface area contributed by atoms with Crippen LogP contribution in [0.4, 0.5) is 0 Å². The van der Waals surface area contributed by atoms with E-state index in [1.807, 2.05) is 0 Å². The highest BCUT2D eigenvalue weighted by Crippen LogP contribution is 2.23. The van der Waals surface area contributed by atoms with E-state index < -0.39 is 0 Å². The van der Waals surface area contributed by atoms with Gasteiger partial charge in [-0.15, -0.1) is 0 Å². The van der Waals surface area contributed by atoms with Gasteiger partial charge in [0.2, 0.25) is 5.91 Å². The van der Waals surface area contributed by atoms with Crippen molar-refractivity contribution in [3.63, 3.8) is 0 Å². The Bertz CT molecular complexity index is 519. The lowest BCUT2D eigenvalue weighted by molar-refractivity contribution is -0.121. The Hall–Kier alpha value is -1.55. The first kappa shape index (κ1) is 15.8. The van der Waals surface area contributed by atoms with Gasteiger partial charge in [-0.3, -0.25) is 9.59 Å². The molecule has 114 valence electrons. The van der Waals surface area contributed by atoms with Crippen LogP contribution in [0.1, 0.15) is 43.0 Å². The average Bonchev–Trinajstić information content (AvgIpc) is 2.45. The van der Waals surface area contributed by atoms with Crippen molar-refractivity contribution in [2.75, 3.05) is 6.54 Å². The molecular weight excluding hydrogens is 288 g/mol. The van der Waals surface area contributed by atoms with Crippen LogP contribution in [0.15, 0.2) is 24.3 Å². The standard InChI is InChI=1S/C16H21ClN2O2/c1-11-4-2-7-14(8-11)19-15(20)10-18-16(21)12-5-3-6-13(17)9-12/h3,5-6,9,11,14H,2,4,7-8,10H2,1H3,(H,18,21)(H,19,20). The first-order valence-corrected chi connectivity index (χ1v) is 7.75. The molecule has 1 aliphatic rings. The molecule has 4 nitrogen and oxygen atoms in total. The lowest BCUT2D eigenvalue weighted by atomic mass is 9.87. The second-order valence-electron chi connectivity index (χ2n) is 5.73. The number of amides is 2. The van der Waals surface area contributed by atoms with Gasteiger partial charge in [0.25, 0.3) is 5.91 Å². The fourth-order valence-corrected chi connectivity index (χ4v) is 2.93. The molecule has 2 atom stereocenters. The maximum Gasteiger partial charge on any atom is 0.251 e. The molecule has 2 N–H and O–H groups in total. The summed E-state index contributed by atoms with van der Waals surface area (Å²) in [7, 11) is 0. The third kappa shape index (κ3) is 5.05. The Kier molecular flexibility index (Phi) is 5.62. The zero-order valence-electron chi connectivity index (χ0n) is 12.2. The van der Waals surface area contributed by atoms with Gasteiger partial charge in [-0.05, 0) is 37.0 Å². The summed E-state index contributed by atoms with van der Waals surface area (Å²) < 4.78 is 0. The molecule has 2 rings (SSSR count). The van der Waals surface area contributed by atoms with Gasteiger partial charge in [0, 0.05) is 16.6 Å². The highest BCUT2D eigenvalue weighted by molar-refractivity contribution is 6.30. The summed E-state index contributed by atoms with van der Waals surface area (Å²) in [5.41, 5.74) is 0.460. The van der Waals surface area contributed by atoms with E-state index in [0.717, 1.165) is 19.3 Å². The molecule has 0 aliphatic heterocycles. The van der Waals surface area contributed by atoms with E-state index in [4.69, 9.17) is 11.6 Å². The molecule has 0 bridgehead atoms. The summed E-state index contributed by atoms with van der Waals surface area (Å²) in [6, 6.07) is 6.90. The van der Waals surface area contributed by atoms with Gasteiger partial charge in [0.1, 0.15) is 0 Å². The first-order chi connectivity index (χ1) is 10.0. The van der Waals surface area contributed by atoms with Crippen LogP contribution >= 0.6 is 11.6 Å². The third-order valence-electron chi connectivity index (χ3n) is 3.80. The first-order valence-electron chi connectivity index (χ1n) is 7.37. The van der Waals surface area contributed by atoms with Gasteiger partial charge in [-0.1, -0.05) is 37.4 Å². The lowest BCUT2D eigenvalue weighted by Gasteiger charge is -2.27. The second kappa shape index (κ2) is 7.46. The summed E-state index contributed by atoms with van der Waals surface area (Å²) in [5, 5.41) is 6.11. The molecule has 2 amide bonds. The Morgan fingerprint density at radius 2 is 2.14 bits per heavy atom. The van der Waals surface area contributed by atoms with Crippen molar-refractivity contribution in [3.8, 4) is 0 Å². The Morgan fingerprint density at radius 3 is 2.86 bits per heavy atom. The highest BCUT2D eigenvalue weighted by atomic mass is 35.5. The largest absolute Gasteiger partial charge is 0.352 e. The molecule has 0 radical (unpaired) electrons. The number of rotatable bonds is 4. The predicted octanol–water partition coefficient (Wildman–Crippen LogP) is 2.76. The maximum atomic E-state index is 11.9. The maximum absolute atomic E-state index is 11.9. The summed E-state index contributed by atoms with van der Waals surface area (Å²) >= 11 is 5.83. The molecule has 1 saturated carbocycles. The van der Waals surface area contributed by atoms with Crippen LogP contribution in [0, 0.1) is 5.92 Å². The minimum atomic E-state index is -0.287. The minimum Gasteiger partial charge on any atom is -0.352 e. The van der Waals surface area contributed by atoms with Crippen LogP contribution in [0.3, 0.4) is 0 Å². The summed E-state index contributed by atoms with van der Waals surface area (Å²) in [6.07, 6.45) is 4.44. The Morgan fingerprint density at radius 1 is 1.33 bits per heavy atom. The average molecular weight is 309 g/mol. The van der Waals surface area contributed by atoms with Crippen LogP contribution in [0.2, 0.25) is 5.02 Å². The third-order valence-corrected chi connectivity index (χ3v) is 4.03. The molecule has 21 heavy (non-hydrogen) atoms. The lowest BCUT2D eigenvalue weighted by Crippen LogP contribution is -2.43. The van der Waals surface area contributed by atoms with Crippen molar-refractivity contribution in [3.05, 3.63) is 34.9 Å². The molecule has 0 heterocycles. The van der Waals surface area contributed by atoms with Gasteiger partial charge >= 0.3 is 0 Å². The Labute approximate surface area is 130 Å². The zero-order valence-corrected chi connectivity index (χ0v) is 13.0. The SMILES string of the molecule is CC1CCCC(NC(=O)CNC(=O)c2cccc(Cl)c2)C1. The number of halogens is 1. The van der Waals surface area contributed by atoms with Crippen LogP contribution in [0.5, 0.6) is 0 Å². The van der Waals surface area contributed by atoms with E-state index in [9.17, 15) is 9.59 Å². The van der Waals surface area contributed by atoms with E-state index in [1.165, 1.54) is 6.42 Å². The monoisotopic (exact) mass is 308 g/mol. The zero-order chi connectivity index (χ0) is 15.2. The fraction of sp³-hybridized carbons (Fsp3) is 0.500. The molecule has 2 unspecified atom stereocenters. The quantitative estimate of drug-likeness (QED) is 0.898. The van der Waals surface area contributed by atoms with E-state index >= 15 is 0 Å². The van der Waals surface area contributed by atoms with Crippen molar-refractivity contribution in [2.45, 2.75) is 38.6 Å². The number of nitrogens with one attached hydrogen (secondary N) is 2.